The Morgan fingerprint density at radius 1 is 1.13 bits per heavy atom. The lowest BCUT2D eigenvalue weighted by molar-refractivity contribution is 0.102. The van der Waals surface area contributed by atoms with E-state index in [-0.39, 0.29) is 22.5 Å². The highest BCUT2D eigenvalue weighted by Gasteiger charge is 2.18. The summed E-state index contributed by atoms with van der Waals surface area (Å²) >= 11 is 24.8. The largest absolute Gasteiger partial charge is 0.403 e. The molecule has 0 saturated heterocycles. The predicted molar refractivity (Wildman–Crippen MR) is 92.0 cm³/mol. The number of thiophene rings is 1. The van der Waals surface area contributed by atoms with Gasteiger partial charge in [0, 0.05) is 5.02 Å². The van der Waals surface area contributed by atoms with E-state index in [2.05, 4.69) is 15.5 Å². The topological polar surface area (TPSA) is 68.0 Å². The number of carbonyl (C=O) groups excluding carboxylic acids is 1. The van der Waals surface area contributed by atoms with Crippen LogP contribution in [0.25, 0.3) is 11.5 Å². The minimum Gasteiger partial charge on any atom is -0.403 e. The summed E-state index contributed by atoms with van der Waals surface area (Å²) in [6.45, 7) is 0. The maximum atomic E-state index is 12.2. The van der Waals surface area contributed by atoms with Crippen molar-refractivity contribution in [1.29, 1.82) is 0 Å². The highest BCUT2D eigenvalue weighted by atomic mass is 35.5. The normalized spacial score (nSPS) is 10.8. The third-order valence-corrected chi connectivity index (χ3v) is 4.74. The molecule has 0 saturated carbocycles. The van der Waals surface area contributed by atoms with Crippen LogP contribution in [0.3, 0.4) is 0 Å². The molecule has 3 rings (SSSR count). The van der Waals surface area contributed by atoms with Crippen LogP contribution in [0.1, 0.15) is 10.4 Å². The van der Waals surface area contributed by atoms with Crippen molar-refractivity contribution in [3.63, 3.8) is 0 Å². The second-order valence-corrected chi connectivity index (χ2v) is 7.36. The van der Waals surface area contributed by atoms with Crippen molar-refractivity contribution in [2.45, 2.75) is 0 Å². The van der Waals surface area contributed by atoms with E-state index in [4.69, 9.17) is 50.8 Å². The molecule has 0 bridgehead atoms. The Balaban J connectivity index is 1.81. The van der Waals surface area contributed by atoms with E-state index in [1.807, 2.05) is 0 Å². The molecule has 118 valence electrons. The van der Waals surface area contributed by atoms with Gasteiger partial charge in [-0.05, 0) is 24.3 Å². The van der Waals surface area contributed by atoms with Crippen molar-refractivity contribution in [3.05, 3.63) is 48.5 Å². The van der Waals surface area contributed by atoms with Crippen molar-refractivity contribution in [2.24, 2.45) is 0 Å². The van der Waals surface area contributed by atoms with Crippen molar-refractivity contribution in [1.82, 2.24) is 10.2 Å². The highest BCUT2D eigenvalue weighted by molar-refractivity contribution is 7.20. The number of carbonyl (C=O) groups is 1. The summed E-state index contributed by atoms with van der Waals surface area (Å²) in [5, 5.41) is 10.7. The van der Waals surface area contributed by atoms with Crippen LogP contribution in [0.4, 0.5) is 6.01 Å². The van der Waals surface area contributed by atoms with Gasteiger partial charge in [-0.15, -0.1) is 16.4 Å². The summed E-state index contributed by atoms with van der Waals surface area (Å²) in [4.78, 5) is 12.2. The molecule has 0 unspecified atom stereocenters. The van der Waals surface area contributed by atoms with Gasteiger partial charge in [0.25, 0.3) is 11.8 Å². The van der Waals surface area contributed by atoms with Crippen LogP contribution in [-0.4, -0.2) is 16.1 Å². The molecule has 5 nitrogen and oxygen atoms in total. The predicted octanol–water partition coefficient (Wildman–Crippen LogP) is 5.66. The average molecular weight is 409 g/mol. The molecule has 2 heterocycles. The van der Waals surface area contributed by atoms with Crippen molar-refractivity contribution in [3.8, 4) is 11.5 Å². The smallest absolute Gasteiger partial charge is 0.322 e. The number of amides is 1. The first-order valence-corrected chi connectivity index (χ1v) is 8.32. The third kappa shape index (κ3) is 3.62. The zero-order valence-corrected chi connectivity index (χ0v) is 14.8. The highest BCUT2D eigenvalue weighted by Crippen LogP contribution is 2.37. The maximum absolute atomic E-state index is 12.2. The summed E-state index contributed by atoms with van der Waals surface area (Å²) in [5.74, 6) is -0.355. The second kappa shape index (κ2) is 6.67. The van der Waals surface area contributed by atoms with E-state index < -0.39 is 5.91 Å². The summed E-state index contributed by atoms with van der Waals surface area (Å²) in [6, 6.07) is 6.02. The zero-order chi connectivity index (χ0) is 16.6. The third-order valence-electron chi connectivity index (χ3n) is 2.71. The lowest BCUT2D eigenvalue weighted by atomic mass is 10.2. The number of hydrogen-bond acceptors (Lipinski definition) is 5. The molecular formula is C13H5Cl4N3O2S. The molecule has 0 atom stereocenters. The van der Waals surface area contributed by atoms with Crippen LogP contribution in [0.15, 0.2) is 28.7 Å². The summed E-state index contributed by atoms with van der Waals surface area (Å²) < 4.78 is 6.26. The van der Waals surface area contributed by atoms with Crippen LogP contribution in [0.5, 0.6) is 0 Å². The first-order chi connectivity index (χ1) is 10.9. The molecule has 0 fully saturated rings. The van der Waals surface area contributed by atoms with E-state index in [0.717, 1.165) is 0 Å². The fraction of sp³-hybridized carbons (Fsp3) is 0. The number of halogens is 4. The molecule has 1 N–H and O–H groups in total. The molecule has 1 amide bonds. The lowest BCUT2D eigenvalue weighted by Gasteiger charge is -2.03. The molecule has 0 radical (unpaired) electrons. The van der Waals surface area contributed by atoms with Crippen LogP contribution in [-0.2, 0) is 0 Å². The SMILES string of the molecule is O=C(Nc1nnc(-c2cc(Cl)sc2Cl)o1)c1ccc(Cl)cc1Cl. The van der Waals surface area contributed by atoms with Gasteiger partial charge in [0.15, 0.2) is 0 Å². The van der Waals surface area contributed by atoms with Crippen LogP contribution < -0.4 is 5.32 Å². The standard InChI is InChI=1S/C13H5Cl4N3O2S/c14-5-1-2-6(8(15)3-5)11(21)18-13-20-19-12(22-13)7-4-9(16)23-10(7)17/h1-4H,(H,18,20,21). The Kier molecular flexibility index (Phi) is 4.79. The number of nitrogens with one attached hydrogen (secondary N) is 1. The Labute approximate surface area is 154 Å². The number of rotatable bonds is 3. The molecule has 2 aromatic heterocycles. The molecule has 0 spiro atoms. The van der Waals surface area contributed by atoms with Crippen LogP contribution >= 0.6 is 57.7 Å². The van der Waals surface area contributed by atoms with Gasteiger partial charge in [0.05, 0.1) is 20.5 Å². The van der Waals surface area contributed by atoms with Gasteiger partial charge in [0.1, 0.15) is 4.34 Å². The Hall–Kier alpha value is -1.31. The van der Waals surface area contributed by atoms with Gasteiger partial charge in [-0.1, -0.05) is 51.5 Å². The monoisotopic (exact) mass is 407 g/mol. The van der Waals surface area contributed by atoms with E-state index in [1.165, 1.54) is 23.5 Å². The Morgan fingerprint density at radius 2 is 1.91 bits per heavy atom. The van der Waals surface area contributed by atoms with Crippen LogP contribution in [0, 0.1) is 0 Å². The maximum Gasteiger partial charge on any atom is 0.322 e. The molecule has 0 aliphatic rings. The van der Waals surface area contributed by atoms with Gasteiger partial charge in [-0.3, -0.25) is 10.1 Å². The van der Waals surface area contributed by atoms with Crippen molar-refractivity contribution >= 4 is 69.7 Å². The summed E-state index contributed by atoms with van der Waals surface area (Å²) in [7, 11) is 0. The van der Waals surface area contributed by atoms with Crippen molar-refractivity contribution < 1.29 is 9.21 Å². The molecule has 0 aliphatic heterocycles. The lowest BCUT2D eigenvalue weighted by Crippen LogP contribution is -2.12. The number of benzene rings is 1. The van der Waals surface area contributed by atoms with E-state index >= 15 is 0 Å². The Bertz CT molecular complexity index is 893. The Morgan fingerprint density at radius 3 is 2.57 bits per heavy atom. The van der Waals surface area contributed by atoms with Gasteiger partial charge >= 0.3 is 6.01 Å². The van der Waals surface area contributed by atoms with Crippen molar-refractivity contribution in [2.75, 3.05) is 5.32 Å². The molecule has 23 heavy (non-hydrogen) atoms. The number of nitrogens with zero attached hydrogens (tertiary/aromatic N) is 2. The van der Waals surface area contributed by atoms with E-state index in [0.29, 0.717) is 19.3 Å². The molecule has 1 aromatic carbocycles. The number of hydrogen-bond donors (Lipinski definition) is 1. The first kappa shape index (κ1) is 16.5. The quantitative estimate of drug-likeness (QED) is 0.606. The minimum absolute atomic E-state index is 0.0885. The number of anilines is 1. The molecular weight excluding hydrogens is 404 g/mol. The van der Waals surface area contributed by atoms with Gasteiger partial charge < -0.3 is 4.42 Å². The first-order valence-electron chi connectivity index (χ1n) is 5.99. The summed E-state index contributed by atoms with van der Waals surface area (Å²) in [6.07, 6.45) is 0. The fourth-order valence-electron chi connectivity index (χ4n) is 1.71. The average Bonchev–Trinajstić information content (AvgIpc) is 3.05. The zero-order valence-electron chi connectivity index (χ0n) is 10.9. The van der Waals surface area contributed by atoms with Crippen LogP contribution in [0.2, 0.25) is 18.7 Å². The van der Waals surface area contributed by atoms with E-state index in [9.17, 15) is 4.79 Å². The minimum atomic E-state index is -0.503. The van der Waals surface area contributed by atoms with Gasteiger partial charge in [-0.25, -0.2) is 0 Å². The summed E-state index contributed by atoms with van der Waals surface area (Å²) in [5.41, 5.74) is 0.728. The van der Waals surface area contributed by atoms with Gasteiger partial charge in [-0.2, -0.15) is 0 Å². The fourth-order valence-corrected chi connectivity index (χ4v) is 3.65. The molecule has 3 aromatic rings. The number of aromatic nitrogens is 2. The van der Waals surface area contributed by atoms with Gasteiger partial charge in [0.2, 0.25) is 0 Å². The molecule has 10 heteroatoms. The second-order valence-electron chi connectivity index (χ2n) is 4.23. The van der Waals surface area contributed by atoms with E-state index in [1.54, 1.807) is 12.1 Å². The molecule has 0 aliphatic carbocycles.